The van der Waals surface area contributed by atoms with E-state index in [1.807, 2.05) is 7.05 Å². The number of hydrogen-bond donors (Lipinski definition) is 1. The Morgan fingerprint density at radius 2 is 2.06 bits per heavy atom. The van der Waals surface area contributed by atoms with Crippen molar-refractivity contribution in [1.82, 2.24) is 5.32 Å². The summed E-state index contributed by atoms with van der Waals surface area (Å²) in [5, 5.41) is 3.62. The average Bonchev–Trinajstić information content (AvgIpc) is 2.35. The molecule has 1 aliphatic heterocycles. The molecule has 16 heavy (non-hydrogen) atoms. The zero-order chi connectivity index (χ0) is 11.8. The zero-order valence-corrected chi connectivity index (χ0v) is 11.4. The van der Waals surface area contributed by atoms with Gasteiger partial charge in [-0.15, -0.1) is 0 Å². The Morgan fingerprint density at radius 1 is 1.38 bits per heavy atom. The standard InChI is InChI=1S/C12H25NO2S/c1-11(13-2)5-3-4-10-16(14)12-6-8-15-9-7-12/h11-13H,3-10H2,1-2H3. The minimum absolute atomic E-state index is 0.399. The van der Waals surface area contributed by atoms with Gasteiger partial charge in [-0.2, -0.15) is 0 Å². The van der Waals surface area contributed by atoms with Gasteiger partial charge in [0, 0.05) is 41.1 Å². The van der Waals surface area contributed by atoms with Crippen molar-refractivity contribution in [3.8, 4) is 0 Å². The molecule has 2 atom stereocenters. The molecule has 0 bridgehead atoms. The van der Waals surface area contributed by atoms with Gasteiger partial charge in [0.05, 0.1) is 0 Å². The fraction of sp³-hybridized carbons (Fsp3) is 1.00. The van der Waals surface area contributed by atoms with Crippen molar-refractivity contribution in [3.05, 3.63) is 0 Å². The van der Waals surface area contributed by atoms with Crippen molar-refractivity contribution >= 4 is 10.8 Å². The highest BCUT2D eigenvalue weighted by molar-refractivity contribution is 7.85. The number of rotatable bonds is 7. The Bertz CT molecular complexity index is 205. The molecule has 1 N–H and O–H groups in total. The summed E-state index contributed by atoms with van der Waals surface area (Å²) in [5.74, 6) is 0.876. The summed E-state index contributed by atoms with van der Waals surface area (Å²) in [7, 11) is 1.37. The van der Waals surface area contributed by atoms with Crippen molar-refractivity contribution in [3.63, 3.8) is 0 Å². The molecular weight excluding hydrogens is 222 g/mol. The maximum Gasteiger partial charge on any atom is 0.0477 e. The van der Waals surface area contributed by atoms with Gasteiger partial charge in [-0.05, 0) is 39.7 Å². The van der Waals surface area contributed by atoms with E-state index in [9.17, 15) is 4.21 Å². The quantitative estimate of drug-likeness (QED) is 0.696. The second-order valence-electron chi connectivity index (χ2n) is 4.58. The summed E-state index contributed by atoms with van der Waals surface area (Å²) >= 11 is 0. The van der Waals surface area contributed by atoms with Gasteiger partial charge in [0.25, 0.3) is 0 Å². The van der Waals surface area contributed by atoms with Crippen LogP contribution in [-0.2, 0) is 15.5 Å². The minimum Gasteiger partial charge on any atom is -0.381 e. The largest absolute Gasteiger partial charge is 0.381 e. The summed E-state index contributed by atoms with van der Waals surface area (Å²) in [4.78, 5) is 0. The average molecular weight is 247 g/mol. The zero-order valence-electron chi connectivity index (χ0n) is 10.5. The van der Waals surface area contributed by atoms with Gasteiger partial charge in [-0.3, -0.25) is 4.21 Å². The molecule has 1 heterocycles. The van der Waals surface area contributed by atoms with Gasteiger partial charge in [0.2, 0.25) is 0 Å². The van der Waals surface area contributed by atoms with Crippen LogP contribution in [0.5, 0.6) is 0 Å². The van der Waals surface area contributed by atoms with E-state index in [0.717, 1.165) is 38.2 Å². The summed E-state index contributed by atoms with van der Waals surface area (Å²) in [6.07, 6.45) is 5.42. The Labute approximate surface area is 102 Å². The van der Waals surface area contributed by atoms with Crippen molar-refractivity contribution in [2.45, 2.75) is 50.3 Å². The van der Waals surface area contributed by atoms with Crippen LogP contribution in [0.1, 0.15) is 39.0 Å². The topological polar surface area (TPSA) is 38.3 Å². The van der Waals surface area contributed by atoms with Gasteiger partial charge in [0.15, 0.2) is 0 Å². The Balaban J connectivity index is 2.05. The summed E-state index contributed by atoms with van der Waals surface area (Å²) in [6.45, 7) is 3.79. The lowest BCUT2D eigenvalue weighted by molar-refractivity contribution is 0.0992. The fourth-order valence-electron chi connectivity index (χ4n) is 1.94. The SMILES string of the molecule is CNC(C)CCCCS(=O)C1CCOCC1. The molecule has 0 spiro atoms. The van der Waals surface area contributed by atoms with Crippen LogP contribution in [0, 0.1) is 0 Å². The third-order valence-electron chi connectivity index (χ3n) is 3.27. The summed E-state index contributed by atoms with van der Waals surface area (Å²) in [6, 6.07) is 0.580. The molecule has 0 saturated carbocycles. The molecule has 0 aliphatic carbocycles. The molecule has 0 radical (unpaired) electrons. The van der Waals surface area contributed by atoms with E-state index in [0.29, 0.717) is 11.3 Å². The predicted octanol–water partition coefficient (Wildman–Crippen LogP) is 1.69. The lowest BCUT2D eigenvalue weighted by Crippen LogP contribution is -2.26. The minimum atomic E-state index is -0.624. The van der Waals surface area contributed by atoms with Gasteiger partial charge in [0.1, 0.15) is 0 Å². The van der Waals surface area contributed by atoms with Gasteiger partial charge in [-0.25, -0.2) is 0 Å². The van der Waals surface area contributed by atoms with Crippen molar-refractivity contribution in [2.24, 2.45) is 0 Å². The number of nitrogens with one attached hydrogen (secondary N) is 1. The molecule has 0 amide bonds. The predicted molar refractivity (Wildman–Crippen MR) is 69.2 cm³/mol. The molecule has 0 aromatic rings. The summed E-state index contributed by atoms with van der Waals surface area (Å²) in [5.41, 5.74) is 0. The van der Waals surface area contributed by atoms with Crippen LogP contribution >= 0.6 is 0 Å². The van der Waals surface area contributed by atoms with Crippen LogP contribution < -0.4 is 5.32 Å². The smallest absolute Gasteiger partial charge is 0.0477 e. The van der Waals surface area contributed by atoms with Gasteiger partial charge in [-0.1, -0.05) is 6.42 Å². The lowest BCUT2D eigenvalue weighted by atomic mass is 10.1. The molecular formula is C12H25NO2S. The van der Waals surface area contributed by atoms with E-state index >= 15 is 0 Å². The highest BCUT2D eigenvalue weighted by atomic mass is 32.2. The molecule has 1 saturated heterocycles. The van der Waals surface area contributed by atoms with Gasteiger partial charge < -0.3 is 10.1 Å². The van der Waals surface area contributed by atoms with Gasteiger partial charge >= 0.3 is 0 Å². The van der Waals surface area contributed by atoms with E-state index in [-0.39, 0.29) is 0 Å². The maximum atomic E-state index is 12.0. The van der Waals surface area contributed by atoms with Crippen LogP contribution in [0.4, 0.5) is 0 Å². The molecule has 4 heteroatoms. The normalized spacial score (nSPS) is 21.9. The molecule has 0 aromatic carbocycles. The van der Waals surface area contributed by atoms with Crippen LogP contribution in [-0.4, -0.2) is 41.5 Å². The van der Waals surface area contributed by atoms with Crippen LogP contribution in [0.25, 0.3) is 0 Å². The Morgan fingerprint density at radius 3 is 2.69 bits per heavy atom. The van der Waals surface area contributed by atoms with Crippen LogP contribution in [0.2, 0.25) is 0 Å². The second kappa shape index (κ2) is 8.20. The third-order valence-corrected chi connectivity index (χ3v) is 5.17. The maximum absolute atomic E-state index is 12.0. The highest BCUT2D eigenvalue weighted by Gasteiger charge is 2.19. The van der Waals surface area contributed by atoms with Crippen LogP contribution in [0.3, 0.4) is 0 Å². The van der Waals surface area contributed by atoms with E-state index in [4.69, 9.17) is 4.74 Å². The third kappa shape index (κ3) is 5.41. The molecule has 1 aliphatic rings. The van der Waals surface area contributed by atoms with E-state index < -0.39 is 10.8 Å². The number of unbranched alkanes of at least 4 members (excludes halogenated alkanes) is 1. The van der Waals surface area contributed by atoms with E-state index in [1.165, 1.54) is 12.8 Å². The lowest BCUT2D eigenvalue weighted by Gasteiger charge is -2.21. The monoisotopic (exact) mass is 247 g/mol. The molecule has 3 nitrogen and oxygen atoms in total. The first-order chi connectivity index (χ1) is 7.74. The Kier molecular flexibility index (Phi) is 7.25. The first-order valence-corrected chi connectivity index (χ1v) is 7.74. The molecule has 2 unspecified atom stereocenters. The molecule has 96 valence electrons. The fourth-order valence-corrected chi connectivity index (χ4v) is 3.48. The Hall–Kier alpha value is 0.0700. The highest BCUT2D eigenvalue weighted by Crippen LogP contribution is 2.14. The summed E-state index contributed by atoms with van der Waals surface area (Å²) < 4.78 is 17.2. The van der Waals surface area contributed by atoms with Crippen LogP contribution in [0.15, 0.2) is 0 Å². The number of ether oxygens (including phenoxy) is 1. The first kappa shape index (κ1) is 14.1. The number of hydrogen-bond acceptors (Lipinski definition) is 3. The second-order valence-corrected chi connectivity index (χ2v) is 6.42. The molecule has 0 aromatic heterocycles. The van der Waals surface area contributed by atoms with E-state index in [1.54, 1.807) is 0 Å². The van der Waals surface area contributed by atoms with Crippen molar-refractivity contribution in [2.75, 3.05) is 26.0 Å². The van der Waals surface area contributed by atoms with E-state index in [2.05, 4.69) is 12.2 Å². The molecule has 1 rings (SSSR count). The molecule has 1 fully saturated rings. The first-order valence-electron chi connectivity index (χ1n) is 6.36. The van der Waals surface area contributed by atoms with Crippen molar-refractivity contribution < 1.29 is 8.95 Å². The van der Waals surface area contributed by atoms with Crippen molar-refractivity contribution in [1.29, 1.82) is 0 Å².